The smallest absolute Gasteiger partial charge is 0.0616 e. The number of hydrogen-bond donors (Lipinski definition) is 0. The second kappa shape index (κ2) is 4.03. The molecular formula is C17H15S+. The van der Waals surface area contributed by atoms with Crippen molar-refractivity contribution in [2.24, 2.45) is 0 Å². The van der Waals surface area contributed by atoms with Crippen LogP contribution in [0, 0.1) is 0 Å². The van der Waals surface area contributed by atoms with Gasteiger partial charge in [-0.25, -0.2) is 0 Å². The van der Waals surface area contributed by atoms with Gasteiger partial charge < -0.3 is 0 Å². The highest BCUT2D eigenvalue weighted by atomic mass is 32.1. The van der Waals surface area contributed by atoms with Crippen LogP contribution in [0.2, 0.25) is 0 Å². The molecule has 0 aliphatic heterocycles. The van der Waals surface area contributed by atoms with Crippen molar-refractivity contribution in [3.63, 3.8) is 0 Å². The molecule has 0 radical (unpaired) electrons. The molecule has 88 valence electrons. The van der Waals surface area contributed by atoms with Crippen LogP contribution in [-0.4, -0.2) is 0 Å². The van der Waals surface area contributed by atoms with Gasteiger partial charge in [-0.3, -0.25) is 0 Å². The average Bonchev–Trinajstić information content (AvgIpc) is 2.46. The van der Waals surface area contributed by atoms with Crippen LogP contribution in [0.4, 0.5) is 0 Å². The minimum absolute atomic E-state index is 1.26. The van der Waals surface area contributed by atoms with Crippen LogP contribution in [0.5, 0.6) is 0 Å². The monoisotopic (exact) mass is 251 g/mol. The average molecular weight is 251 g/mol. The van der Waals surface area contributed by atoms with E-state index in [1.54, 1.807) is 11.1 Å². The fourth-order valence-corrected chi connectivity index (χ4v) is 4.17. The van der Waals surface area contributed by atoms with Gasteiger partial charge >= 0.3 is 0 Å². The molecule has 1 aliphatic rings. The quantitative estimate of drug-likeness (QED) is 0.380. The topological polar surface area (TPSA) is 0 Å². The van der Waals surface area contributed by atoms with Gasteiger partial charge in [-0.1, -0.05) is 24.3 Å². The summed E-state index contributed by atoms with van der Waals surface area (Å²) in [5, 5.41) is 6.71. The standard InChI is InChI=1S/C17H15S/c1-3-7-14-12(5-1)9-10-16-17(14)15-8-4-2-6-13(15)11-18-16/h1,3,5,7,9-11H,2,4,6,8H2/q+1. The molecule has 3 aromatic rings. The van der Waals surface area contributed by atoms with Crippen LogP contribution in [0.15, 0.2) is 41.8 Å². The molecule has 0 atom stereocenters. The molecule has 0 saturated heterocycles. The van der Waals surface area contributed by atoms with Crippen molar-refractivity contribution in [2.45, 2.75) is 25.7 Å². The second-order valence-electron chi connectivity index (χ2n) is 5.11. The summed E-state index contributed by atoms with van der Waals surface area (Å²) in [6, 6.07) is 13.3. The van der Waals surface area contributed by atoms with E-state index in [1.165, 1.54) is 46.5 Å². The Morgan fingerprint density at radius 3 is 2.78 bits per heavy atom. The number of hydrogen-bond acceptors (Lipinski definition) is 0. The maximum Gasteiger partial charge on any atom is 0.238 e. The molecule has 2 aromatic carbocycles. The third-order valence-electron chi connectivity index (χ3n) is 4.03. The highest BCUT2D eigenvalue weighted by Gasteiger charge is 2.19. The van der Waals surface area contributed by atoms with E-state index >= 15 is 0 Å². The molecule has 1 aliphatic carbocycles. The zero-order valence-corrected chi connectivity index (χ0v) is 11.1. The molecule has 0 fully saturated rings. The van der Waals surface area contributed by atoms with Crippen molar-refractivity contribution < 1.29 is 0 Å². The molecule has 0 unspecified atom stereocenters. The van der Waals surface area contributed by atoms with Gasteiger partial charge in [-0.2, -0.15) is 0 Å². The third kappa shape index (κ3) is 1.47. The fourth-order valence-electron chi connectivity index (χ4n) is 3.14. The van der Waals surface area contributed by atoms with E-state index in [9.17, 15) is 0 Å². The maximum absolute atomic E-state index is 2.38. The Balaban J connectivity index is 2.21. The lowest BCUT2D eigenvalue weighted by molar-refractivity contribution is 0.692. The predicted molar refractivity (Wildman–Crippen MR) is 80.4 cm³/mol. The van der Waals surface area contributed by atoms with Gasteiger partial charge in [-0.05, 0) is 48.1 Å². The summed E-state index contributed by atoms with van der Waals surface area (Å²) >= 11 is 1.91. The highest BCUT2D eigenvalue weighted by Crippen LogP contribution is 2.36. The summed E-state index contributed by atoms with van der Waals surface area (Å²) in [4.78, 5) is 0. The number of benzene rings is 2. The van der Waals surface area contributed by atoms with E-state index in [2.05, 4.69) is 41.8 Å². The fraction of sp³-hybridized carbons (Fsp3) is 0.235. The molecule has 0 amide bonds. The summed E-state index contributed by atoms with van der Waals surface area (Å²) in [6.45, 7) is 0. The summed E-state index contributed by atoms with van der Waals surface area (Å²) in [5.41, 5.74) is 3.21. The van der Waals surface area contributed by atoms with Crippen molar-refractivity contribution in [1.29, 1.82) is 0 Å². The second-order valence-corrected chi connectivity index (χ2v) is 6.02. The zero-order valence-electron chi connectivity index (χ0n) is 10.3. The van der Waals surface area contributed by atoms with Crippen LogP contribution in [-0.2, 0) is 12.8 Å². The van der Waals surface area contributed by atoms with E-state index in [0.717, 1.165) is 0 Å². The van der Waals surface area contributed by atoms with Gasteiger partial charge in [-0.15, -0.1) is 0 Å². The van der Waals surface area contributed by atoms with Crippen LogP contribution in [0.1, 0.15) is 24.0 Å². The number of aryl methyl sites for hydroxylation is 2. The molecule has 1 aromatic heterocycles. The lowest BCUT2D eigenvalue weighted by atomic mass is 9.90. The molecule has 0 N–H and O–H groups in total. The van der Waals surface area contributed by atoms with Gasteiger partial charge in [0.1, 0.15) is 0 Å². The van der Waals surface area contributed by atoms with E-state index < -0.39 is 0 Å². The van der Waals surface area contributed by atoms with Gasteiger partial charge in [0.25, 0.3) is 0 Å². The molecule has 1 heterocycles. The van der Waals surface area contributed by atoms with Crippen LogP contribution in [0.25, 0.3) is 20.9 Å². The van der Waals surface area contributed by atoms with Crippen LogP contribution in [0.3, 0.4) is 0 Å². The van der Waals surface area contributed by atoms with Gasteiger partial charge in [0, 0.05) is 11.6 Å². The van der Waals surface area contributed by atoms with E-state index in [-0.39, 0.29) is 0 Å². The SMILES string of the molecule is c1ccc2c(c1)ccc1[s+]cc3c(c12)CCCC3. The minimum Gasteiger partial charge on any atom is -0.0616 e. The van der Waals surface area contributed by atoms with Gasteiger partial charge in [0.2, 0.25) is 16.0 Å². The van der Waals surface area contributed by atoms with Crippen molar-refractivity contribution in [1.82, 2.24) is 0 Å². The summed E-state index contributed by atoms with van der Waals surface area (Å²) in [6.07, 6.45) is 5.23. The predicted octanol–water partition coefficient (Wildman–Crippen LogP) is 5.21. The first-order valence-electron chi connectivity index (χ1n) is 6.67. The van der Waals surface area contributed by atoms with Crippen molar-refractivity contribution in [3.8, 4) is 0 Å². The molecule has 0 nitrogen and oxygen atoms in total. The molecule has 0 bridgehead atoms. The van der Waals surface area contributed by atoms with Gasteiger partial charge in [0.15, 0.2) is 5.38 Å². The van der Waals surface area contributed by atoms with Crippen molar-refractivity contribution >= 4 is 32.2 Å². The molecule has 4 rings (SSSR count). The Bertz CT molecular complexity index is 743. The lowest BCUT2D eigenvalue weighted by Crippen LogP contribution is -2.02. The lowest BCUT2D eigenvalue weighted by Gasteiger charge is -2.14. The van der Waals surface area contributed by atoms with E-state index in [4.69, 9.17) is 0 Å². The molecular weight excluding hydrogens is 236 g/mol. The minimum atomic E-state index is 1.26. The zero-order chi connectivity index (χ0) is 11.9. The Hall–Kier alpha value is -1.47. The van der Waals surface area contributed by atoms with E-state index in [0.29, 0.717) is 0 Å². The molecule has 1 heteroatoms. The van der Waals surface area contributed by atoms with Gasteiger partial charge in [0.05, 0.1) is 5.39 Å². The number of rotatable bonds is 0. The Morgan fingerprint density at radius 1 is 0.889 bits per heavy atom. The normalized spacial score (nSPS) is 14.9. The Labute approximate surface area is 111 Å². The highest BCUT2D eigenvalue weighted by molar-refractivity contribution is 7.16. The molecule has 0 spiro atoms. The molecule has 18 heavy (non-hydrogen) atoms. The van der Waals surface area contributed by atoms with Crippen molar-refractivity contribution in [3.05, 3.63) is 52.9 Å². The van der Waals surface area contributed by atoms with Crippen LogP contribution >= 0.6 is 11.3 Å². The Morgan fingerprint density at radius 2 is 1.78 bits per heavy atom. The first-order valence-corrected chi connectivity index (χ1v) is 7.55. The summed E-state index contributed by atoms with van der Waals surface area (Å²) in [5.74, 6) is 0. The summed E-state index contributed by atoms with van der Waals surface area (Å²) < 4.78 is 1.44. The van der Waals surface area contributed by atoms with Crippen LogP contribution < -0.4 is 0 Å². The summed E-state index contributed by atoms with van der Waals surface area (Å²) in [7, 11) is 0. The largest absolute Gasteiger partial charge is 0.238 e. The maximum atomic E-state index is 2.38. The first-order chi connectivity index (χ1) is 8.93. The molecule has 0 saturated carbocycles. The Kier molecular flexibility index (Phi) is 2.34. The van der Waals surface area contributed by atoms with E-state index in [1.807, 2.05) is 11.3 Å². The number of fused-ring (bicyclic) bond motifs is 5. The third-order valence-corrected chi connectivity index (χ3v) is 5.03. The van der Waals surface area contributed by atoms with Crippen molar-refractivity contribution in [2.75, 3.05) is 0 Å². The first kappa shape index (κ1) is 10.5.